The van der Waals surface area contributed by atoms with Crippen molar-refractivity contribution in [2.75, 3.05) is 13.4 Å². The number of nitrogens with zero attached hydrogens (tertiary/aromatic N) is 1. The third kappa shape index (κ3) is 2.77. The van der Waals surface area contributed by atoms with E-state index in [2.05, 4.69) is 4.98 Å². The molecule has 1 aromatic carbocycles. The Morgan fingerprint density at radius 2 is 2.06 bits per heavy atom. The highest BCUT2D eigenvalue weighted by Gasteiger charge is 2.15. The Balaban J connectivity index is 2.55. The fourth-order valence-electron chi connectivity index (χ4n) is 1.63. The molecule has 0 fully saturated rings. The lowest BCUT2D eigenvalue weighted by molar-refractivity contribution is 0.414. The first-order chi connectivity index (χ1) is 8.61. The van der Waals surface area contributed by atoms with Crippen LogP contribution in [0.4, 0.5) is 0 Å². The van der Waals surface area contributed by atoms with Crippen molar-refractivity contribution in [3.63, 3.8) is 0 Å². The van der Waals surface area contributed by atoms with Crippen molar-refractivity contribution in [1.82, 2.24) is 4.98 Å². The van der Waals surface area contributed by atoms with E-state index < -0.39 is 11.2 Å². The van der Waals surface area contributed by atoms with Crippen molar-refractivity contribution in [3.8, 4) is 17.0 Å². The molecule has 0 amide bonds. The summed E-state index contributed by atoms with van der Waals surface area (Å²) in [5.41, 5.74) is 1.52. The summed E-state index contributed by atoms with van der Waals surface area (Å²) in [4.78, 5) is 4.94. The second-order valence-electron chi connectivity index (χ2n) is 3.68. The molecular formula is C13H12ClNO2S. The molecule has 0 saturated heterocycles. The number of ether oxygens (including phenoxy) is 1. The van der Waals surface area contributed by atoms with Crippen LogP contribution in [0.25, 0.3) is 11.3 Å². The Labute approximate surface area is 114 Å². The fraction of sp³-hybridized carbons (Fsp3) is 0.154. The van der Waals surface area contributed by atoms with Gasteiger partial charge in [0.1, 0.15) is 12.0 Å². The minimum atomic E-state index is -1.13. The molecule has 0 aliphatic carbocycles. The summed E-state index contributed by atoms with van der Waals surface area (Å²) < 4.78 is 16.9. The second-order valence-corrected chi connectivity index (χ2v) is 5.46. The van der Waals surface area contributed by atoms with E-state index >= 15 is 0 Å². The van der Waals surface area contributed by atoms with Crippen LogP contribution < -0.4 is 4.74 Å². The van der Waals surface area contributed by atoms with Crippen LogP contribution in [0.5, 0.6) is 5.75 Å². The zero-order valence-electron chi connectivity index (χ0n) is 10.0. The van der Waals surface area contributed by atoms with Crippen molar-refractivity contribution in [2.24, 2.45) is 0 Å². The quantitative estimate of drug-likeness (QED) is 0.812. The molecule has 2 aromatic rings. The number of methoxy groups -OCH3 is 1. The minimum absolute atomic E-state index is 0.562. The van der Waals surface area contributed by atoms with Crippen LogP contribution in [0.1, 0.15) is 0 Å². The Kier molecular flexibility index (Phi) is 4.11. The van der Waals surface area contributed by atoms with E-state index in [1.807, 2.05) is 6.07 Å². The molecule has 94 valence electrons. The maximum absolute atomic E-state index is 11.7. The van der Waals surface area contributed by atoms with E-state index in [0.29, 0.717) is 15.7 Å². The number of hydrogen-bond donors (Lipinski definition) is 0. The smallest absolute Gasteiger partial charge is 0.163 e. The predicted molar refractivity (Wildman–Crippen MR) is 73.6 cm³/mol. The molecule has 2 rings (SSSR count). The molecule has 0 aliphatic heterocycles. The van der Waals surface area contributed by atoms with Gasteiger partial charge in [-0.3, -0.25) is 4.98 Å². The zero-order valence-corrected chi connectivity index (χ0v) is 11.6. The highest BCUT2D eigenvalue weighted by molar-refractivity contribution is 7.90. The minimum Gasteiger partial charge on any atom is -0.612 e. The fourth-order valence-corrected chi connectivity index (χ4v) is 2.64. The number of halogens is 1. The summed E-state index contributed by atoms with van der Waals surface area (Å²) in [6, 6.07) is 8.85. The van der Waals surface area contributed by atoms with Gasteiger partial charge in [-0.1, -0.05) is 11.6 Å². The molecule has 5 heteroatoms. The Morgan fingerprint density at radius 3 is 2.72 bits per heavy atom. The molecule has 0 N–H and O–H groups in total. The molecule has 3 nitrogen and oxygen atoms in total. The SMILES string of the molecule is COc1ccnc(-c2ccc(Cl)cc2[S+](C)[O-])c1. The number of hydrogen-bond acceptors (Lipinski definition) is 3. The van der Waals surface area contributed by atoms with Crippen LogP contribution in [0.15, 0.2) is 41.4 Å². The highest BCUT2D eigenvalue weighted by Crippen LogP contribution is 2.30. The van der Waals surface area contributed by atoms with Crippen molar-refractivity contribution in [3.05, 3.63) is 41.6 Å². The monoisotopic (exact) mass is 281 g/mol. The summed E-state index contributed by atoms with van der Waals surface area (Å²) in [6.07, 6.45) is 3.28. The molecule has 1 unspecified atom stereocenters. The Hall–Kier alpha value is -1.23. The zero-order chi connectivity index (χ0) is 13.1. The van der Waals surface area contributed by atoms with E-state index in [9.17, 15) is 4.55 Å². The van der Waals surface area contributed by atoms with E-state index in [4.69, 9.17) is 16.3 Å². The van der Waals surface area contributed by atoms with Crippen LogP contribution >= 0.6 is 11.6 Å². The van der Waals surface area contributed by atoms with Gasteiger partial charge in [0.25, 0.3) is 0 Å². The molecule has 1 heterocycles. The summed E-state index contributed by atoms with van der Waals surface area (Å²) in [6.45, 7) is 0. The van der Waals surface area contributed by atoms with Gasteiger partial charge in [0.05, 0.1) is 18.4 Å². The maximum atomic E-state index is 11.7. The maximum Gasteiger partial charge on any atom is 0.163 e. The van der Waals surface area contributed by atoms with Crippen molar-refractivity contribution >= 4 is 22.8 Å². The first kappa shape index (κ1) is 13.2. The van der Waals surface area contributed by atoms with Gasteiger partial charge in [0.2, 0.25) is 0 Å². The average molecular weight is 282 g/mol. The second kappa shape index (κ2) is 5.61. The lowest BCUT2D eigenvalue weighted by atomic mass is 10.1. The standard InChI is InChI=1S/C13H12ClNO2S/c1-17-10-5-6-15-12(8-10)11-4-3-9(14)7-13(11)18(2)16/h3-8H,1-2H3. The molecule has 18 heavy (non-hydrogen) atoms. The lowest BCUT2D eigenvalue weighted by Gasteiger charge is -2.11. The summed E-state index contributed by atoms with van der Waals surface area (Å²) in [5, 5.41) is 0.562. The highest BCUT2D eigenvalue weighted by atomic mass is 35.5. The van der Waals surface area contributed by atoms with Gasteiger partial charge in [-0.05, 0) is 29.4 Å². The third-order valence-electron chi connectivity index (χ3n) is 2.50. The molecule has 0 bridgehead atoms. The summed E-state index contributed by atoms with van der Waals surface area (Å²) in [7, 11) is 1.60. The Morgan fingerprint density at radius 1 is 1.28 bits per heavy atom. The van der Waals surface area contributed by atoms with E-state index in [-0.39, 0.29) is 0 Å². The molecular weight excluding hydrogens is 270 g/mol. The van der Waals surface area contributed by atoms with Gasteiger partial charge in [0.15, 0.2) is 4.90 Å². The van der Waals surface area contributed by atoms with Gasteiger partial charge in [-0.15, -0.1) is 0 Å². The van der Waals surface area contributed by atoms with Crippen LogP contribution in [0.3, 0.4) is 0 Å². The molecule has 0 spiro atoms. The normalized spacial score (nSPS) is 12.2. The molecule has 0 saturated carbocycles. The van der Waals surface area contributed by atoms with Crippen molar-refractivity contribution in [1.29, 1.82) is 0 Å². The molecule has 0 aliphatic rings. The predicted octanol–water partition coefficient (Wildman–Crippen LogP) is 3.15. The van der Waals surface area contributed by atoms with Crippen LogP contribution in [0, 0.1) is 0 Å². The molecule has 1 atom stereocenters. The van der Waals surface area contributed by atoms with E-state index in [0.717, 1.165) is 11.3 Å². The van der Waals surface area contributed by atoms with Gasteiger partial charge in [-0.25, -0.2) is 0 Å². The summed E-state index contributed by atoms with van der Waals surface area (Å²) in [5.74, 6) is 0.711. The van der Waals surface area contributed by atoms with E-state index in [1.54, 1.807) is 43.8 Å². The van der Waals surface area contributed by atoms with Crippen molar-refractivity contribution in [2.45, 2.75) is 4.90 Å². The van der Waals surface area contributed by atoms with Crippen LogP contribution in [0.2, 0.25) is 5.02 Å². The number of rotatable bonds is 3. The summed E-state index contributed by atoms with van der Waals surface area (Å²) >= 11 is 4.80. The van der Waals surface area contributed by atoms with Gasteiger partial charge < -0.3 is 9.29 Å². The number of pyridine rings is 1. The Bertz CT molecular complexity index is 560. The number of benzene rings is 1. The first-order valence-corrected chi connectivity index (χ1v) is 7.19. The van der Waals surface area contributed by atoms with Crippen LogP contribution in [-0.4, -0.2) is 22.9 Å². The molecule has 1 aromatic heterocycles. The van der Waals surface area contributed by atoms with E-state index in [1.165, 1.54) is 0 Å². The van der Waals surface area contributed by atoms with Gasteiger partial charge in [0, 0.05) is 23.4 Å². The van der Waals surface area contributed by atoms with Crippen LogP contribution in [-0.2, 0) is 11.2 Å². The number of aromatic nitrogens is 1. The lowest BCUT2D eigenvalue weighted by Crippen LogP contribution is -2.01. The molecule has 0 radical (unpaired) electrons. The van der Waals surface area contributed by atoms with Gasteiger partial charge >= 0.3 is 0 Å². The first-order valence-electron chi connectivity index (χ1n) is 5.25. The average Bonchev–Trinajstić information content (AvgIpc) is 2.38. The largest absolute Gasteiger partial charge is 0.612 e. The van der Waals surface area contributed by atoms with Gasteiger partial charge in [-0.2, -0.15) is 0 Å². The third-order valence-corrected chi connectivity index (χ3v) is 3.69. The van der Waals surface area contributed by atoms with Crippen molar-refractivity contribution < 1.29 is 9.29 Å². The topological polar surface area (TPSA) is 45.2 Å².